The Morgan fingerprint density at radius 2 is 2.14 bits per heavy atom. The van der Waals surface area contributed by atoms with Gasteiger partial charge in [0, 0.05) is 35.4 Å². The number of amides is 1. The predicted molar refractivity (Wildman–Crippen MR) is 111 cm³/mol. The molecule has 0 aromatic carbocycles. The van der Waals surface area contributed by atoms with Gasteiger partial charge in [0.05, 0.1) is 5.75 Å². The number of nitrogens with zero attached hydrogens (tertiary/aromatic N) is 5. The molecule has 0 atom stereocenters. The van der Waals surface area contributed by atoms with Gasteiger partial charge in [0.1, 0.15) is 28.3 Å². The molecule has 0 saturated heterocycles. The molecule has 28 heavy (non-hydrogen) atoms. The molecule has 0 aliphatic rings. The maximum atomic E-state index is 12.3. The SMILES string of the molecule is Cc1sc2ncnc(SCC(=O)NCc3ccc(-n4ccnc4)nc3)c2c1C. The van der Waals surface area contributed by atoms with Crippen LogP contribution in [0.15, 0.2) is 48.4 Å². The van der Waals surface area contributed by atoms with Crippen LogP contribution in [0.4, 0.5) is 0 Å². The van der Waals surface area contributed by atoms with Crippen LogP contribution < -0.4 is 5.32 Å². The van der Waals surface area contributed by atoms with Gasteiger partial charge in [-0.1, -0.05) is 17.8 Å². The molecule has 142 valence electrons. The lowest BCUT2D eigenvalue weighted by Gasteiger charge is -2.07. The minimum Gasteiger partial charge on any atom is -0.351 e. The molecular formula is C19H18N6OS2. The monoisotopic (exact) mass is 410 g/mol. The first-order chi connectivity index (χ1) is 13.6. The van der Waals surface area contributed by atoms with E-state index in [0.29, 0.717) is 12.3 Å². The predicted octanol–water partition coefficient (Wildman–Crippen LogP) is 3.30. The summed E-state index contributed by atoms with van der Waals surface area (Å²) in [5.41, 5.74) is 2.13. The molecule has 4 aromatic rings. The van der Waals surface area contributed by atoms with Gasteiger partial charge in [-0.3, -0.25) is 9.36 Å². The summed E-state index contributed by atoms with van der Waals surface area (Å²) < 4.78 is 1.83. The van der Waals surface area contributed by atoms with Gasteiger partial charge in [0.15, 0.2) is 0 Å². The molecule has 1 amide bonds. The van der Waals surface area contributed by atoms with Gasteiger partial charge < -0.3 is 5.32 Å². The number of aryl methyl sites for hydroxylation is 2. The molecule has 0 bridgehead atoms. The van der Waals surface area contributed by atoms with E-state index < -0.39 is 0 Å². The van der Waals surface area contributed by atoms with Crippen LogP contribution in [0.2, 0.25) is 0 Å². The molecule has 0 aliphatic carbocycles. The van der Waals surface area contributed by atoms with Gasteiger partial charge >= 0.3 is 0 Å². The molecule has 4 heterocycles. The zero-order chi connectivity index (χ0) is 19.5. The van der Waals surface area contributed by atoms with Crippen molar-refractivity contribution in [3.8, 4) is 5.82 Å². The van der Waals surface area contributed by atoms with Crippen molar-refractivity contribution in [1.29, 1.82) is 0 Å². The number of thioether (sulfide) groups is 1. The summed E-state index contributed by atoms with van der Waals surface area (Å²) in [6, 6.07) is 3.85. The summed E-state index contributed by atoms with van der Waals surface area (Å²) in [6.07, 6.45) is 8.56. The summed E-state index contributed by atoms with van der Waals surface area (Å²) >= 11 is 3.10. The van der Waals surface area contributed by atoms with Crippen LogP contribution in [0.3, 0.4) is 0 Å². The fourth-order valence-corrected chi connectivity index (χ4v) is 4.66. The van der Waals surface area contributed by atoms with Crippen molar-refractivity contribution in [2.75, 3.05) is 5.75 Å². The molecule has 0 unspecified atom stereocenters. The first-order valence-electron chi connectivity index (χ1n) is 8.65. The quantitative estimate of drug-likeness (QED) is 0.388. The molecule has 0 aliphatic heterocycles. The Bertz CT molecular complexity index is 1110. The number of fused-ring (bicyclic) bond motifs is 1. The third-order valence-electron chi connectivity index (χ3n) is 4.34. The lowest BCUT2D eigenvalue weighted by atomic mass is 10.2. The number of rotatable bonds is 6. The number of imidazole rings is 1. The number of thiophene rings is 1. The Morgan fingerprint density at radius 1 is 1.25 bits per heavy atom. The maximum Gasteiger partial charge on any atom is 0.230 e. The fourth-order valence-electron chi connectivity index (χ4n) is 2.71. The molecule has 1 N–H and O–H groups in total. The standard InChI is InChI=1S/C19H18N6OS2/c1-12-13(2)28-19-17(12)18(23-10-24-19)27-9-16(26)22-8-14-3-4-15(21-7-14)25-6-5-20-11-25/h3-7,10-11H,8-9H2,1-2H3,(H,22,26). The van der Waals surface area contributed by atoms with Crippen molar-refractivity contribution in [3.05, 3.63) is 59.4 Å². The maximum absolute atomic E-state index is 12.3. The topological polar surface area (TPSA) is 85.6 Å². The van der Waals surface area contributed by atoms with Crippen molar-refractivity contribution in [2.24, 2.45) is 0 Å². The van der Waals surface area contributed by atoms with Crippen molar-refractivity contribution in [1.82, 2.24) is 29.8 Å². The summed E-state index contributed by atoms with van der Waals surface area (Å²) in [6.45, 7) is 4.59. The minimum atomic E-state index is -0.0416. The largest absolute Gasteiger partial charge is 0.351 e. The highest BCUT2D eigenvalue weighted by Crippen LogP contribution is 2.34. The van der Waals surface area contributed by atoms with E-state index in [2.05, 4.69) is 39.1 Å². The smallest absolute Gasteiger partial charge is 0.230 e. The van der Waals surface area contributed by atoms with E-state index >= 15 is 0 Å². The molecule has 4 rings (SSSR count). The Balaban J connectivity index is 1.34. The number of aromatic nitrogens is 5. The molecule has 0 fully saturated rings. The highest BCUT2D eigenvalue weighted by molar-refractivity contribution is 8.00. The van der Waals surface area contributed by atoms with Crippen molar-refractivity contribution >= 4 is 39.2 Å². The van der Waals surface area contributed by atoms with E-state index in [0.717, 1.165) is 26.6 Å². The van der Waals surface area contributed by atoms with Crippen LogP contribution in [0, 0.1) is 13.8 Å². The van der Waals surface area contributed by atoms with Gasteiger partial charge in [0.2, 0.25) is 5.91 Å². The van der Waals surface area contributed by atoms with Crippen LogP contribution in [0.5, 0.6) is 0 Å². The normalized spacial score (nSPS) is 11.1. The van der Waals surface area contributed by atoms with E-state index in [1.807, 2.05) is 22.9 Å². The van der Waals surface area contributed by atoms with Crippen molar-refractivity contribution in [2.45, 2.75) is 25.4 Å². The Kier molecular flexibility index (Phi) is 5.36. The summed E-state index contributed by atoms with van der Waals surface area (Å²) in [5.74, 6) is 1.05. The van der Waals surface area contributed by atoms with Crippen molar-refractivity contribution in [3.63, 3.8) is 0 Å². The van der Waals surface area contributed by atoms with Crippen molar-refractivity contribution < 1.29 is 4.79 Å². The third kappa shape index (κ3) is 3.90. The molecular weight excluding hydrogens is 392 g/mol. The lowest BCUT2D eigenvalue weighted by molar-refractivity contribution is -0.118. The summed E-state index contributed by atoms with van der Waals surface area (Å²) in [7, 11) is 0. The average molecular weight is 411 g/mol. The molecule has 0 radical (unpaired) electrons. The van der Waals surface area contributed by atoms with E-state index in [9.17, 15) is 4.79 Å². The third-order valence-corrected chi connectivity index (χ3v) is 6.44. The van der Waals surface area contributed by atoms with Crippen LogP contribution in [0.1, 0.15) is 16.0 Å². The Labute approximate surface area is 170 Å². The van der Waals surface area contributed by atoms with Crippen LogP contribution in [-0.4, -0.2) is 36.2 Å². The Morgan fingerprint density at radius 3 is 2.89 bits per heavy atom. The second kappa shape index (κ2) is 8.07. The van der Waals surface area contributed by atoms with E-state index in [4.69, 9.17) is 0 Å². The van der Waals surface area contributed by atoms with Gasteiger partial charge in [-0.2, -0.15) is 0 Å². The molecule has 0 spiro atoms. The van der Waals surface area contributed by atoms with Gasteiger partial charge in [-0.15, -0.1) is 11.3 Å². The first-order valence-corrected chi connectivity index (χ1v) is 10.5. The van der Waals surface area contributed by atoms with Crippen LogP contribution in [0.25, 0.3) is 16.0 Å². The van der Waals surface area contributed by atoms with E-state index in [1.54, 1.807) is 36.4 Å². The van der Waals surface area contributed by atoms with Crippen LogP contribution >= 0.6 is 23.1 Å². The zero-order valence-corrected chi connectivity index (χ0v) is 17.0. The number of carbonyl (C=O) groups excluding carboxylic acids is 1. The Hall–Kier alpha value is -2.78. The number of hydrogen-bond acceptors (Lipinski definition) is 7. The van der Waals surface area contributed by atoms with E-state index in [-0.39, 0.29) is 5.91 Å². The number of carbonyl (C=O) groups is 1. The fraction of sp³-hybridized carbons (Fsp3) is 0.211. The lowest BCUT2D eigenvalue weighted by Crippen LogP contribution is -2.24. The number of pyridine rings is 1. The second-order valence-corrected chi connectivity index (χ2v) is 8.37. The molecule has 4 aromatic heterocycles. The number of hydrogen-bond donors (Lipinski definition) is 1. The summed E-state index contributed by atoms with van der Waals surface area (Å²) in [5, 5.41) is 4.84. The highest BCUT2D eigenvalue weighted by atomic mass is 32.2. The zero-order valence-electron chi connectivity index (χ0n) is 15.4. The molecule has 9 heteroatoms. The molecule has 0 saturated carbocycles. The van der Waals surface area contributed by atoms with E-state index in [1.165, 1.54) is 22.2 Å². The second-order valence-electron chi connectivity index (χ2n) is 6.20. The number of nitrogens with one attached hydrogen (secondary N) is 1. The van der Waals surface area contributed by atoms with Gasteiger partial charge in [-0.25, -0.2) is 19.9 Å². The average Bonchev–Trinajstić information content (AvgIpc) is 3.34. The van der Waals surface area contributed by atoms with Crippen LogP contribution in [-0.2, 0) is 11.3 Å². The van der Waals surface area contributed by atoms with Gasteiger partial charge in [0.25, 0.3) is 0 Å². The molecule has 7 nitrogen and oxygen atoms in total. The minimum absolute atomic E-state index is 0.0416. The first kappa shape index (κ1) is 18.6. The highest BCUT2D eigenvalue weighted by Gasteiger charge is 2.13. The summed E-state index contributed by atoms with van der Waals surface area (Å²) in [4.78, 5) is 31.6. The van der Waals surface area contributed by atoms with Gasteiger partial charge in [-0.05, 0) is 31.0 Å².